The number of benzene rings is 2. The van der Waals surface area contributed by atoms with Crippen LogP contribution in [0.4, 0.5) is 0 Å². The highest BCUT2D eigenvalue weighted by Crippen LogP contribution is 2.40. The van der Waals surface area contributed by atoms with E-state index in [1.807, 2.05) is 0 Å². The number of carboxylic acid groups (broad SMARTS) is 1. The normalized spacial score (nSPS) is 25.0. The minimum Gasteiger partial charge on any atom is -0.490 e. The Balaban J connectivity index is 0.000000231. The summed E-state index contributed by atoms with van der Waals surface area (Å²) in [5.74, 6) is 4.09. The molecule has 0 spiro atoms. The Morgan fingerprint density at radius 3 is 1.62 bits per heavy atom. The third-order valence-electron chi connectivity index (χ3n) is 13.4. The molecular formula is C52H82N2O6. The first-order valence-electron chi connectivity index (χ1n) is 23.6. The average molecular weight is 831 g/mol. The summed E-state index contributed by atoms with van der Waals surface area (Å²) in [6, 6.07) is 17.6. The predicted molar refractivity (Wildman–Crippen MR) is 246 cm³/mol. The zero-order valence-electron chi connectivity index (χ0n) is 38.7. The minimum atomic E-state index is -0.699. The van der Waals surface area contributed by atoms with Crippen molar-refractivity contribution in [2.24, 2.45) is 34.5 Å². The molecule has 6 rings (SSSR count). The molecule has 2 N–H and O–H groups in total. The topological polar surface area (TPSA) is 97.3 Å². The first-order chi connectivity index (χ1) is 28.6. The van der Waals surface area contributed by atoms with Gasteiger partial charge in [-0.15, -0.1) is 0 Å². The van der Waals surface area contributed by atoms with Gasteiger partial charge in [-0.1, -0.05) is 72.4 Å². The number of rotatable bonds is 13. The van der Waals surface area contributed by atoms with Gasteiger partial charge in [0.15, 0.2) is 0 Å². The molecule has 4 fully saturated rings. The Morgan fingerprint density at radius 1 is 0.733 bits per heavy atom. The van der Waals surface area contributed by atoms with Crippen LogP contribution in [0.15, 0.2) is 61.2 Å². The fourth-order valence-corrected chi connectivity index (χ4v) is 9.63. The summed E-state index contributed by atoms with van der Waals surface area (Å²) >= 11 is 0. The van der Waals surface area contributed by atoms with E-state index in [0.29, 0.717) is 42.1 Å². The number of likely N-dealkylation sites (tertiary alicyclic amines) is 1. The Morgan fingerprint density at radius 2 is 1.22 bits per heavy atom. The molecule has 2 aliphatic heterocycles. The summed E-state index contributed by atoms with van der Waals surface area (Å²) in [7, 11) is 0. The number of nitrogens with zero attached hydrogens (tertiary/aromatic N) is 1. The molecule has 2 aromatic rings. The molecule has 8 nitrogen and oxygen atoms in total. The van der Waals surface area contributed by atoms with E-state index in [9.17, 15) is 9.59 Å². The van der Waals surface area contributed by atoms with E-state index in [2.05, 4.69) is 112 Å². The van der Waals surface area contributed by atoms with Gasteiger partial charge in [0.25, 0.3) is 0 Å². The summed E-state index contributed by atoms with van der Waals surface area (Å²) in [5, 5.41) is 12.4. The summed E-state index contributed by atoms with van der Waals surface area (Å²) in [6.07, 6.45) is 19.4. The van der Waals surface area contributed by atoms with Crippen molar-refractivity contribution in [3.63, 3.8) is 0 Å². The molecule has 0 radical (unpaired) electrons. The molecule has 4 aliphatic rings. The number of carboxylic acids is 1. The highest BCUT2D eigenvalue weighted by molar-refractivity contribution is 5.81. The number of esters is 1. The van der Waals surface area contributed by atoms with E-state index in [0.717, 1.165) is 67.7 Å². The van der Waals surface area contributed by atoms with Crippen LogP contribution in [-0.2, 0) is 27.2 Å². The van der Waals surface area contributed by atoms with Crippen LogP contribution in [0.3, 0.4) is 0 Å². The number of carbonyl (C=O) groups is 2. The van der Waals surface area contributed by atoms with Crippen molar-refractivity contribution < 1.29 is 28.9 Å². The van der Waals surface area contributed by atoms with Gasteiger partial charge < -0.3 is 29.5 Å². The van der Waals surface area contributed by atoms with E-state index in [1.54, 1.807) is 6.92 Å². The van der Waals surface area contributed by atoms with Crippen molar-refractivity contribution in [3.05, 3.63) is 72.3 Å². The van der Waals surface area contributed by atoms with Crippen LogP contribution in [0.2, 0.25) is 0 Å². The second-order valence-electron chi connectivity index (χ2n) is 20.2. The van der Waals surface area contributed by atoms with Gasteiger partial charge in [-0.2, -0.15) is 0 Å². The summed E-state index contributed by atoms with van der Waals surface area (Å²) in [6.45, 7) is 24.7. The first kappa shape index (κ1) is 49.3. The zero-order valence-corrected chi connectivity index (χ0v) is 38.7. The second-order valence-corrected chi connectivity index (χ2v) is 20.2. The number of carbonyl (C=O) groups excluding carboxylic acids is 1. The lowest BCUT2D eigenvalue weighted by Crippen LogP contribution is -2.37. The predicted octanol–water partition coefficient (Wildman–Crippen LogP) is 11.3. The van der Waals surface area contributed by atoms with Crippen molar-refractivity contribution in [1.29, 1.82) is 0 Å². The van der Waals surface area contributed by atoms with Gasteiger partial charge in [0.1, 0.15) is 11.5 Å². The molecule has 336 valence electrons. The Bertz CT molecular complexity index is 1520. The fraction of sp³-hybridized carbons (Fsp3) is 0.692. The van der Waals surface area contributed by atoms with E-state index in [-0.39, 0.29) is 12.4 Å². The SMILES string of the molecule is C=CC(=O)OCC.CC(C)(C)C1CCC(Oc2ccc(CC3CCCN(CCC(=O)O)C3)cc2)CC1.CC(C)(C)C1CCC(Oc2ccc(CC3CCCNC3)cc2)CC1. The zero-order chi connectivity index (χ0) is 43.5. The van der Waals surface area contributed by atoms with Gasteiger partial charge in [-0.3, -0.25) is 4.79 Å². The van der Waals surface area contributed by atoms with Crippen LogP contribution in [0, 0.1) is 34.5 Å². The Labute approximate surface area is 364 Å². The highest BCUT2D eigenvalue weighted by atomic mass is 16.5. The monoisotopic (exact) mass is 831 g/mol. The molecule has 2 aliphatic carbocycles. The number of aliphatic carboxylic acids is 1. The molecule has 2 saturated heterocycles. The number of hydrogen-bond acceptors (Lipinski definition) is 7. The molecule has 2 saturated carbocycles. The molecule has 8 heteroatoms. The van der Waals surface area contributed by atoms with Gasteiger partial charge in [0, 0.05) is 19.2 Å². The highest BCUT2D eigenvalue weighted by Gasteiger charge is 2.32. The smallest absolute Gasteiger partial charge is 0.330 e. The third kappa shape index (κ3) is 18.3. The maximum absolute atomic E-state index is 10.8. The lowest BCUT2D eigenvalue weighted by Gasteiger charge is -2.37. The van der Waals surface area contributed by atoms with E-state index >= 15 is 0 Å². The standard InChI is InChI=1S/C25H39NO3.C22H35NO.C5H8O2/c1-25(2,3)21-8-12-23(13-9-21)29-22-10-6-19(7-11-22)17-20-5-4-15-26(18-20)16-14-24(27)28;1-22(2,3)19-8-12-21(13-9-19)24-20-10-6-17(7-11-20)15-18-5-4-14-23-16-18;1-3-5(6)7-4-2/h6-7,10-11,20-21,23H,4-5,8-9,12-18H2,1-3H3,(H,27,28);6-7,10-11,18-19,21,23H,4-5,8-9,12-16H2,1-3H3;3H,1,4H2,2H3. The molecular weight excluding hydrogens is 749 g/mol. The summed E-state index contributed by atoms with van der Waals surface area (Å²) in [4.78, 5) is 23.2. The van der Waals surface area contributed by atoms with Crippen molar-refractivity contribution in [2.45, 2.75) is 157 Å². The van der Waals surface area contributed by atoms with Crippen molar-refractivity contribution >= 4 is 11.9 Å². The van der Waals surface area contributed by atoms with E-state index < -0.39 is 5.97 Å². The number of piperidine rings is 2. The van der Waals surface area contributed by atoms with Gasteiger partial charge >= 0.3 is 11.9 Å². The Kier molecular flexibility index (Phi) is 20.5. The van der Waals surface area contributed by atoms with Crippen LogP contribution in [0.1, 0.15) is 143 Å². The second kappa shape index (κ2) is 24.9. The van der Waals surface area contributed by atoms with Crippen LogP contribution < -0.4 is 14.8 Å². The van der Waals surface area contributed by atoms with Crippen molar-refractivity contribution in [2.75, 3.05) is 39.3 Å². The molecule has 0 amide bonds. The van der Waals surface area contributed by atoms with Crippen LogP contribution in [-0.4, -0.2) is 73.5 Å². The van der Waals surface area contributed by atoms with Gasteiger partial charge in [0.05, 0.1) is 25.2 Å². The van der Waals surface area contributed by atoms with E-state index in [1.165, 1.54) is 94.8 Å². The molecule has 60 heavy (non-hydrogen) atoms. The van der Waals surface area contributed by atoms with Crippen LogP contribution in [0.25, 0.3) is 0 Å². The molecule has 2 aromatic carbocycles. The molecule has 2 atom stereocenters. The molecule has 2 unspecified atom stereocenters. The Hall–Kier alpha value is -3.36. The van der Waals surface area contributed by atoms with Crippen LogP contribution in [0.5, 0.6) is 11.5 Å². The van der Waals surface area contributed by atoms with Gasteiger partial charge in [-0.25, -0.2) is 4.79 Å². The van der Waals surface area contributed by atoms with E-state index in [4.69, 9.17) is 14.6 Å². The lowest BCUT2D eigenvalue weighted by molar-refractivity contribution is -0.138. The summed E-state index contributed by atoms with van der Waals surface area (Å²) in [5.41, 5.74) is 3.67. The first-order valence-corrected chi connectivity index (χ1v) is 23.6. The maximum Gasteiger partial charge on any atom is 0.330 e. The van der Waals surface area contributed by atoms with Gasteiger partial charge in [-0.05, 0) is 186 Å². The number of hydrogen-bond donors (Lipinski definition) is 2. The lowest BCUT2D eigenvalue weighted by atomic mass is 9.72. The number of nitrogens with one attached hydrogen (secondary N) is 1. The van der Waals surface area contributed by atoms with Crippen molar-refractivity contribution in [1.82, 2.24) is 10.2 Å². The largest absolute Gasteiger partial charge is 0.490 e. The number of ether oxygens (including phenoxy) is 3. The maximum atomic E-state index is 10.8. The minimum absolute atomic E-state index is 0.246. The molecule has 0 bridgehead atoms. The quantitative estimate of drug-likeness (QED) is 0.152. The third-order valence-corrected chi connectivity index (χ3v) is 13.4. The summed E-state index contributed by atoms with van der Waals surface area (Å²) < 4.78 is 17.0. The van der Waals surface area contributed by atoms with Crippen molar-refractivity contribution in [3.8, 4) is 11.5 Å². The average Bonchev–Trinajstić information content (AvgIpc) is 3.22. The fourth-order valence-electron chi connectivity index (χ4n) is 9.63. The molecule has 0 aromatic heterocycles. The van der Waals surface area contributed by atoms with Gasteiger partial charge in [0.2, 0.25) is 0 Å². The van der Waals surface area contributed by atoms with Crippen LogP contribution >= 0.6 is 0 Å². The molecule has 2 heterocycles.